The van der Waals surface area contributed by atoms with Crippen LogP contribution in [-0.2, 0) is 11.0 Å². The molecule has 1 aliphatic heterocycles. The Labute approximate surface area is 210 Å². The zero-order valence-electron chi connectivity index (χ0n) is 20.2. The van der Waals surface area contributed by atoms with Crippen molar-refractivity contribution in [2.24, 2.45) is 5.92 Å². The van der Waals surface area contributed by atoms with Gasteiger partial charge < -0.3 is 19.9 Å². The Morgan fingerprint density at radius 1 is 1.14 bits per heavy atom. The molecule has 3 heterocycles. The first-order valence-electron chi connectivity index (χ1n) is 11.8. The van der Waals surface area contributed by atoms with Crippen molar-refractivity contribution in [3.05, 3.63) is 64.2 Å². The molecule has 9 nitrogen and oxygen atoms in total. The van der Waals surface area contributed by atoms with Crippen molar-refractivity contribution >= 4 is 23.0 Å². The smallest absolute Gasteiger partial charge is 0.416 e. The number of likely N-dealkylation sites (tertiary alicyclic amines) is 1. The summed E-state index contributed by atoms with van der Waals surface area (Å²) in [7, 11) is 0. The van der Waals surface area contributed by atoms with Crippen LogP contribution in [0.25, 0.3) is 11.2 Å². The molecule has 196 valence electrons. The van der Waals surface area contributed by atoms with E-state index in [0.717, 1.165) is 12.1 Å². The van der Waals surface area contributed by atoms with Gasteiger partial charge in [0.05, 0.1) is 5.56 Å². The van der Waals surface area contributed by atoms with Gasteiger partial charge in [0.1, 0.15) is 23.4 Å². The molecule has 1 fully saturated rings. The minimum atomic E-state index is -4.41. The normalized spacial score (nSPS) is 15.6. The molecular weight excluding hydrogens is 491 g/mol. The van der Waals surface area contributed by atoms with Gasteiger partial charge in [-0.1, -0.05) is 13.8 Å². The number of rotatable bonds is 6. The van der Waals surface area contributed by atoms with E-state index in [-0.39, 0.29) is 29.3 Å². The summed E-state index contributed by atoms with van der Waals surface area (Å²) in [5.74, 6) is -0.998. The lowest BCUT2D eigenvalue weighted by atomic mass is 10.00. The number of carbonyl (C=O) groups excluding carboxylic acids is 2. The maximum Gasteiger partial charge on any atom is 0.416 e. The van der Waals surface area contributed by atoms with Gasteiger partial charge in [0.15, 0.2) is 11.3 Å². The van der Waals surface area contributed by atoms with Crippen molar-refractivity contribution in [3.63, 3.8) is 0 Å². The molecule has 0 radical (unpaired) electrons. The largest absolute Gasteiger partial charge is 0.490 e. The van der Waals surface area contributed by atoms with E-state index in [2.05, 4.69) is 20.3 Å². The van der Waals surface area contributed by atoms with Crippen molar-refractivity contribution in [1.82, 2.24) is 25.2 Å². The summed E-state index contributed by atoms with van der Waals surface area (Å²) in [4.78, 5) is 50.7. The molecule has 1 saturated heterocycles. The number of carbonyl (C=O) groups is 2. The fourth-order valence-corrected chi connectivity index (χ4v) is 4.10. The van der Waals surface area contributed by atoms with Crippen LogP contribution in [0, 0.1) is 5.92 Å². The number of piperidine rings is 1. The SMILES string of the molecule is CC(C)[C@H](NC(=O)c1nc2cccnc2[nH]c1=O)C(=O)N1CCC(Oc2ccc(C(F)(F)F)cc2)CC1. The molecule has 1 atom stereocenters. The minimum absolute atomic E-state index is 0.252. The summed E-state index contributed by atoms with van der Waals surface area (Å²) in [6.07, 6.45) is -2.23. The number of aromatic amines is 1. The Kier molecular flexibility index (Phi) is 7.46. The van der Waals surface area contributed by atoms with Gasteiger partial charge in [0.25, 0.3) is 11.5 Å². The lowest BCUT2D eigenvalue weighted by molar-refractivity contribution is -0.137. The fourth-order valence-electron chi connectivity index (χ4n) is 4.10. The van der Waals surface area contributed by atoms with Crippen molar-refractivity contribution in [2.45, 2.75) is 45.0 Å². The summed E-state index contributed by atoms with van der Waals surface area (Å²) in [6, 6.07) is 6.85. The van der Waals surface area contributed by atoms with Gasteiger partial charge in [-0.05, 0) is 42.3 Å². The van der Waals surface area contributed by atoms with E-state index in [1.54, 1.807) is 30.9 Å². The molecule has 1 aromatic carbocycles. The maximum atomic E-state index is 13.2. The third-order valence-electron chi connectivity index (χ3n) is 6.14. The van der Waals surface area contributed by atoms with Crippen LogP contribution in [0.15, 0.2) is 47.4 Å². The topological polar surface area (TPSA) is 117 Å². The Bertz CT molecular complexity index is 1330. The zero-order valence-corrected chi connectivity index (χ0v) is 20.2. The molecular formula is C25H26F3N5O4. The third kappa shape index (κ3) is 6.07. The zero-order chi connectivity index (χ0) is 26.7. The van der Waals surface area contributed by atoms with E-state index in [1.165, 1.54) is 18.3 Å². The van der Waals surface area contributed by atoms with E-state index in [0.29, 0.717) is 37.2 Å². The summed E-state index contributed by atoms with van der Waals surface area (Å²) < 4.78 is 44.0. The number of ether oxygens (including phenoxy) is 1. The van der Waals surface area contributed by atoms with Gasteiger partial charge in [-0.2, -0.15) is 13.2 Å². The Morgan fingerprint density at radius 2 is 1.81 bits per heavy atom. The second-order valence-corrected chi connectivity index (χ2v) is 9.15. The first kappa shape index (κ1) is 26.1. The van der Waals surface area contributed by atoms with E-state index in [4.69, 9.17) is 4.74 Å². The molecule has 4 rings (SSSR count). The van der Waals surface area contributed by atoms with Crippen LogP contribution in [0.2, 0.25) is 0 Å². The number of alkyl halides is 3. The average Bonchev–Trinajstić information content (AvgIpc) is 2.86. The standard InChI is InChI=1S/C25H26F3N5O4/c1-14(2)19(31-22(34)20-23(35)32-21-18(30-20)4-3-11-29-21)24(36)33-12-9-17(10-13-33)37-16-7-5-15(6-8-16)25(26,27)28/h3-8,11,14,17,19H,9-10,12-13H2,1-2H3,(H,31,34)(H,29,32,35)/t19-/m0/s1. The number of amides is 2. The Balaban J connectivity index is 1.37. The highest BCUT2D eigenvalue weighted by atomic mass is 19.4. The van der Waals surface area contributed by atoms with E-state index < -0.39 is 29.2 Å². The highest BCUT2D eigenvalue weighted by Crippen LogP contribution is 2.31. The number of hydrogen-bond acceptors (Lipinski definition) is 6. The Hall–Kier alpha value is -3.96. The van der Waals surface area contributed by atoms with Crippen LogP contribution in [0.4, 0.5) is 13.2 Å². The molecule has 37 heavy (non-hydrogen) atoms. The van der Waals surface area contributed by atoms with Crippen LogP contribution in [0.1, 0.15) is 42.7 Å². The molecule has 0 bridgehead atoms. The number of benzene rings is 1. The first-order chi connectivity index (χ1) is 17.5. The molecule has 12 heteroatoms. The number of hydrogen-bond donors (Lipinski definition) is 2. The molecule has 3 aromatic rings. The third-order valence-corrected chi connectivity index (χ3v) is 6.14. The number of fused-ring (bicyclic) bond motifs is 1. The van der Waals surface area contributed by atoms with E-state index >= 15 is 0 Å². The molecule has 0 unspecified atom stereocenters. The second kappa shape index (κ2) is 10.6. The minimum Gasteiger partial charge on any atom is -0.490 e. The molecule has 2 amide bonds. The monoisotopic (exact) mass is 517 g/mol. The summed E-state index contributed by atoms with van der Waals surface area (Å²) in [5, 5.41) is 2.65. The van der Waals surface area contributed by atoms with Gasteiger partial charge in [0.2, 0.25) is 5.91 Å². The summed E-state index contributed by atoms with van der Waals surface area (Å²) >= 11 is 0. The van der Waals surface area contributed by atoms with Gasteiger partial charge in [-0.15, -0.1) is 0 Å². The lowest BCUT2D eigenvalue weighted by Crippen LogP contribution is -2.54. The van der Waals surface area contributed by atoms with Gasteiger partial charge in [-0.3, -0.25) is 14.4 Å². The van der Waals surface area contributed by atoms with Gasteiger partial charge in [-0.25, -0.2) is 9.97 Å². The van der Waals surface area contributed by atoms with Crippen molar-refractivity contribution < 1.29 is 27.5 Å². The number of nitrogens with zero attached hydrogens (tertiary/aromatic N) is 3. The van der Waals surface area contributed by atoms with Gasteiger partial charge >= 0.3 is 6.18 Å². The predicted molar refractivity (Wildman–Crippen MR) is 128 cm³/mol. The van der Waals surface area contributed by atoms with E-state index in [1.807, 2.05) is 0 Å². The van der Waals surface area contributed by atoms with Crippen molar-refractivity contribution in [1.29, 1.82) is 0 Å². The van der Waals surface area contributed by atoms with Crippen LogP contribution in [-0.4, -0.2) is 56.9 Å². The van der Waals surface area contributed by atoms with Crippen molar-refractivity contribution in [3.8, 4) is 5.75 Å². The lowest BCUT2D eigenvalue weighted by Gasteiger charge is -2.35. The van der Waals surface area contributed by atoms with Crippen molar-refractivity contribution in [2.75, 3.05) is 13.1 Å². The molecule has 2 aromatic heterocycles. The Morgan fingerprint density at radius 3 is 2.43 bits per heavy atom. The van der Waals surface area contributed by atoms with Crippen LogP contribution in [0.5, 0.6) is 5.75 Å². The van der Waals surface area contributed by atoms with Gasteiger partial charge in [0, 0.05) is 32.1 Å². The number of pyridine rings is 1. The molecule has 2 N–H and O–H groups in total. The molecule has 0 spiro atoms. The fraction of sp³-hybridized carbons (Fsp3) is 0.400. The molecule has 0 aliphatic carbocycles. The average molecular weight is 518 g/mol. The summed E-state index contributed by atoms with van der Waals surface area (Å²) in [5.41, 5.74) is -1.22. The second-order valence-electron chi connectivity index (χ2n) is 9.15. The van der Waals surface area contributed by atoms with Crippen LogP contribution >= 0.6 is 0 Å². The molecule has 1 aliphatic rings. The summed E-state index contributed by atoms with van der Waals surface area (Å²) in [6.45, 7) is 4.27. The number of nitrogens with one attached hydrogen (secondary N) is 2. The maximum absolute atomic E-state index is 13.2. The predicted octanol–water partition coefficient (Wildman–Crippen LogP) is 3.16. The highest BCUT2D eigenvalue weighted by Gasteiger charge is 2.33. The first-order valence-corrected chi connectivity index (χ1v) is 11.8. The number of halogens is 3. The highest BCUT2D eigenvalue weighted by molar-refractivity contribution is 5.97. The molecule has 0 saturated carbocycles. The number of aromatic nitrogens is 3. The van der Waals surface area contributed by atoms with E-state index in [9.17, 15) is 27.6 Å². The number of H-pyrrole nitrogens is 1. The quantitative estimate of drug-likeness (QED) is 0.519. The van der Waals surface area contributed by atoms with Crippen LogP contribution in [0.3, 0.4) is 0 Å². The van der Waals surface area contributed by atoms with Crippen LogP contribution < -0.4 is 15.6 Å².